The molecule has 0 heterocycles. The van der Waals surface area contributed by atoms with Crippen LogP contribution in [0.5, 0.6) is 0 Å². The summed E-state index contributed by atoms with van der Waals surface area (Å²) in [6.45, 7) is 1.36. The molecule has 1 aliphatic carbocycles. The maximum absolute atomic E-state index is 12.8. The van der Waals surface area contributed by atoms with Crippen molar-refractivity contribution in [2.45, 2.75) is 49.7 Å². The molecule has 1 aromatic carbocycles. The minimum absolute atomic E-state index is 0.00471. The zero-order chi connectivity index (χ0) is 18.1. The molecule has 9 heteroatoms. The smallest absolute Gasteiger partial charge is 0.391 e. The third kappa shape index (κ3) is 4.07. The van der Waals surface area contributed by atoms with Crippen LogP contribution >= 0.6 is 0 Å². The fourth-order valence-corrected chi connectivity index (χ4v) is 4.56. The van der Waals surface area contributed by atoms with E-state index in [1.807, 2.05) is 0 Å². The third-order valence-corrected chi connectivity index (χ3v) is 5.93. The lowest BCUT2D eigenvalue weighted by atomic mass is 9.86. The van der Waals surface area contributed by atoms with Crippen molar-refractivity contribution in [3.63, 3.8) is 0 Å². The van der Waals surface area contributed by atoms with E-state index >= 15 is 0 Å². The molecule has 1 saturated carbocycles. The second-order valence-electron chi connectivity index (χ2n) is 5.96. The third-order valence-electron chi connectivity index (χ3n) is 4.26. The maximum atomic E-state index is 12.8. The van der Waals surface area contributed by atoms with Gasteiger partial charge in [-0.25, -0.2) is 17.9 Å². The molecule has 2 unspecified atom stereocenters. The van der Waals surface area contributed by atoms with Gasteiger partial charge >= 0.3 is 12.1 Å². The summed E-state index contributed by atoms with van der Waals surface area (Å²) in [5, 5.41) is 9.06. The molecular formula is C15H18F3NO4S. The normalized spacial score (nSPS) is 22.3. The highest BCUT2D eigenvalue weighted by Gasteiger charge is 2.43. The molecule has 0 aromatic heterocycles. The number of carbonyl (C=O) groups is 1. The minimum Gasteiger partial charge on any atom is -0.478 e. The monoisotopic (exact) mass is 365 g/mol. The van der Waals surface area contributed by atoms with E-state index in [4.69, 9.17) is 5.11 Å². The Morgan fingerprint density at radius 1 is 1.29 bits per heavy atom. The second kappa shape index (κ2) is 6.72. The van der Waals surface area contributed by atoms with E-state index in [-0.39, 0.29) is 35.3 Å². The number of hydrogen-bond donors (Lipinski definition) is 2. The Balaban J connectivity index is 2.23. The first-order valence-electron chi connectivity index (χ1n) is 7.44. The molecule has 1 aromatic rings. The van der Waals surface area contributed by atoms with Gasteiger partial charge in [0.2, 0.25) is 10.0 Å². The van der Waals surface area contributed by atoms with Crippen LogP contribution in [0.1, 0.15) is 41.6 Å². The fraction of sp³-hybridized carbons (Fsp3) is 0.533. The van der Waals surface area contributed by atoms with Crippen LogP contribution in [0.3, 0.4) is 0 Å². The summed E-state index contributed by atoms with van der Waals surface area (Å²) in [4.78, 5) is 10.9. The summed E-state index contributed by atoms with van der Waals surface area (Å²) < 4.78 is 65.7. The number of hydrogen-bond acceptors (Lipinski definition) is 3. The molecule has 0 radical (unpaired) electrons. The van der Waals surface area contributed by atoms with Crippen molar-refractivity contribution in [3.05, 3.63) is 29.3 Å². The lowest BCUT2D eigenvalue weighted by Crippen LogP contribution is -2.41. The Labute approximate surface area is 137 Å². The topological polar surface area (TPSA) is 83.5 Å². The molecule has 1 aliphatic rings. The van der Waals surface area contributed by atoms with Crippen molar-refractivity contribution in [1.29, 1.82) is 0 Å². The van der Waals surface area contributed by atoms with Crippen LogP contribution in [0.2, 0.25) is 0 Å². The molecule has 134 valence electrons. The van der Waals surface area contributed by atoms with Gasteiger partial charge in [-0.2, -0.15) is 13.2 Å². The van der Waals surface area contributed by atoms with Crippen LogP contribution in [0.25, 0.3) is 0 Å². The minimum atomic E-state index is -4.34. The van der Waals surface area contributed by atoms with Crippen LogP contribution in [0.4, 0.5) is 13.2 Å². The standard InChI is InChI=1S/C15H18F3NO4S/c1-9-12(14(20)21)6-3-7-13(9)24(22,23)19-11-5-2-4-10(8-11)15(16,17)18/h3,6-7,10-11,19H,2,4-5,8H2,1H3,(H,20,21). The first-order chi connectivity index (χ1) is 11.0. The number of benzene rings is 1. The Hall–Kier alpha value is -1.61. The number of rotatable bonds is 4. The van der Waals surface area contributed by atoms with E-state index in [1.165, 1.54) is 25.1 Å². The molecule has 0 spiro atoms. The number of carboxylic acid groups (broad SMARTS) is 1. The first-order valence-corrected chi connectivity index (χ1v) is 8.92. The van der Waals surface area contributed by atoms with Crippen molar-refractivity contribution in [3.8, 4) is 0 Å². The maximum Gasteiger partial charge on any atom is 0.391 e. The van der Waals surface area contributed by atoms with Crippen molar-refractivity contribution in [2.75, 3.05) is 0 Å². The zero-order valence-corrected chi connectivity index (χ0v) is 13.7. The van der Waals surface area contributed by atoms with Gasteiger partial charge in [-0.1, -0.05) is 12.5 Å². The number of nitrogens with one attached hydrogen (secondary N) is 1. The molecule has 2 N–H and O–H groups in total. The second-order valence-corrected chi connectivity index (χ2v) is 7.64. The Bertz CT molecular complexity index is 731. The summed E-state index contributed by atoms with van der Waals surface area (Å²) in [5.74, 6) is -2.79. The van der Waals surface area contributed by atoms with Crippen LogP contribution < -0.4 is 4.72 Å². The highest BCUT2D eigenvalue weighted by Crippen LogP contribution is 2.38. The molecule has 5 nitrogen and oxygen atoms in total. The molecular weight excluding hydrogens is 347 g/mol. The summed E-state index contributed by atoms with van der Waals surface area (Å²) in [6.07, 6.45) is -4.05. The van der Waals surface area contributed by atoms with E-state index in [2.05, 4.69) is 4.72 Å². The van der Waals surface area contributed by atoms with Gasteiger partial charge in [0.15, 0.2) is 0 Å². The van der Waals surface area contributed by atoms with Crippen LogP contribution in [0, 0.1) is 12.8 Å². The largest absolute Gasteiger partial charge is 0.478 e. The molecule has 1 fully saturated rings. The van der Waals surface area contributed by atoms with Gasteiger partial charge in [-0.3, -0.25) is 0 Å². The van der Waals surface area contributed by atoms with Gasteiger partial charge in [0.1, 0.15) is 0 Å². The van der Waals surface area contributed by atoms with Gasteiger partial charge in [0, 0.05) is 6.04 Å². The number of aromatic carboxylic acids is 1. The van der Waals surface area contributed by atoms with Crippen molar-refractivity contribution < 1.29 is 31.5 Å². The molecule has 0 saturated heterocycles. The number of halogens is 3. The van der Waals surface area contributed by atoms with Crippen molar-refractivity contribution in [2.24, 2.45) is 5.92 Å². The highest BCUT2D eigenvalue weighted by molar-refractivity contribution is 7.89. The average Bonchev–Trinajstić information content (AvgIpc) is 2.45. The molecule has 2 rings (SSSR count). The lowest BCUT2D eigenvalue weighted by molar-refractivity contribution is -0.183. The SMILES string of the molecule is Cc1c(C(=O)O)cccc1S(=O)(=O)NC1CCCC(C(F)(F)F)C1. The molecule has 0 bridgehead atoms. The summed E-state index contributed by atoms with van der Waals surface area (Å²) in [6, 6.07) is 3.00. The van der Waals surface area contributed by atoms with Gasteiger partial charge in [0.05, 0.1) is 16.4 Å². The van der Waals surface area contributed by atoms with Crippen LogP contribution in [0.15, 0.2) is 23.1 Å². The summed E-state index contributed by atoms with van der Waals surface area (Å²) >= 11 is 0. The number of alkyl halides is 3. The van der Waals surface area contributed by atoms with Gasteiger partial charge in [0.25, 0.3) is 0 Å². The van der Waals surface area contributed by atoms with Gasteiger partial charge < -0.3 is 5.11 Å². The van der Waals surface area contributed by atoms with Crippen molar-refractivity contribution in [1.82, 2.24) is 4.72 Å². The van der Waals surface area contributed by atoms with E-state index in [0.29, 0.717) is 6.42 Å². The highest BCUT2D eigenvalue weighted by atomic mass is 32.2. The fourth-order valence-electron chi connectivity index (χ4n) is 3.01. The van der Waals surface area contributed by atoms with Crippen molar-refractivity contribution >= 4 is 16.0 Å². The summed E-state index contributed by atoms with van der Waals surface area (Å²) in [7, 11) is -4.10. The molecule has 24 heavy (non-hydrogen) atoms. The molecule has 0 aliphatic heterocycles. The first kappa shape index (κ1) is 18.7. The van der Waals surface area contributed by atoms with E-state index in [1.54, 1.807) is 0 Å². The number of sulfonamides is 1. The predicted octanol–water partition coefficient (Wildman–Crippen LogP) is 3.09. The number of carboxylic acids is 1. The van der Waals surface area contributed by atoms with Crippen LogP contribution in [-0.2, 0) is 10.0 Å². The average molecular weight is 365 g/mol. The lowest BCUT2D eigenvalue weighted by Gasteiger charge is -2.31. The Morgan fingerprint density at radius 3 is 2.54 bits per heavy atom. The Morgan fingerprint density at radius 2 is 1.96 bits per heavy atom. The van der Waals surface area contributed by atoms with Gasteiger partial charge in [-0.05, 0) is 43.9 Å². The van der Waals surface area contributed by atoms with E-state index in [9.17, 15) is 26.4 Å². The van der Waals surface area contributed by atoms with Gasteiger partial charge in [-0.15, -0.1) is 0 Å². The zero-order valence-electron chi connectivity index (χ0n) is 12.9. The molecule has 0 amide bonds. The van der Waals surface area contributed by atoms with Crippen LogP contribution in [-0.4, -0.2) is 31.7 Å². The predicted molar refractivity (Wildman–Crippen MR) is 80.3 cm³/mol. The quantitative estimate of drug-likeness (QED) is 0.859. The summed E-state index contributed by atoms with van der Waals surface area (Å²) in [5.41, 5.74) is -0.102. The van der Waals surface area contributed by atoms with E-state index < -0.39 is 34.1 Å². The Kier molecular flexibility index (Phi) is 5.24. The molecule has 2 atom stereocenters. The van der Waals surface area contributed by atoms with E-state index in [0.717, 1.165) is 0 Å².